The van der Waals surface area contributed by atoms with Crippen molar-refractivity contribution < 1.29 is 17.6 Å². The highest BCUT2D eigenvalue weighted by Gasteiger charge is 2.37. The van der Waals surface area contributed by atoms with Gasteiger partial charge in [0.25, 0.3) is 0 Å². The molecule has 0 fully saturated rings. The SMILES string of the molecule is Cc1cccc2oc(C(F)(F)F)nc12. The molecule has 0 amide bonds. The van der Waals surface area contributed by atoms with Gasteiger partial charge >= 0.3 is 12.1 Å². The lowest BCUT2D eigenvalue weighted by atomic mass is 10.2. The summed E-state index contributed by atoms with van der Waals surface area (Å²) in [5.41, 5.74) is 1.10. The zero-order valence-electron chi connectivity index (χ0n) is 7.22. The number of hydrogen-bond acceptors (Lipinski definition) is 2. The Labute approximate surface area is 77.4 Å². The molecule has 0 unspecified atom stereocenters. The summed E-state index contributed by atoms with van der Waals surface area (Å²) in [7, 11) is 0. The molecule has 0 spiro atoms. The molecule has 2 rings (SSSR count). The second kappa shape index (κ2) is 2.73. The first-order valence-electron chi connectivity index (χ1n) is 3.92. The van der Waals surface area contributed by atoms with Gasteiger partial charge in [-0.1, -0.05) is 12.1 Å². The van der Waals surface area contributed by atoms with Gasteiger partial charge < -0.3 is 4.42 Å². The van der Waals surface area contributed by atoms with Crippen molar-refractivity contribution in [3.63, 3.8) is 0 Å². The standard InChI is InChI=1S/C9H6F3NO/c1-5-3-2-4-6-7(5)13-8(14-6)9(10,11)12/h2-4H,1H3. The summed E-state index contributed by atoms with van der Waals surface area (Å²) in [4.78, 5) is 3.39. The van der Waals surface area contributed by atoms with E-state index in [1.807, 2.05) is 0 Å². The molecular formula is C9H6F3NO. The number of aromatic nitrogens is 1. The lowest BCUT2D eigenvalue weighted by Crippen LogP contribution is -2.04. The molecule has 2 aromatic rings. The molecule has 0 saturated heterocycles. The van der Waals surface area contributed by atoms with Crippen molar-refractivity contribution in [3.8, 4) is 0 Å². The number of aryl methyl sites for hydroxylation is 1. The third-order valence-corrected chi connectivity index (χ3v) is 1.86. The molecule has 74 valence electrons. The van der Waals surface area contributed by atoms with E-state index in [2.05, 4.69) is 9.40 Å². The molecule has 0 aliphatic heterocycles. The fourth-order valence-electron chi connectivity index (χ4n) is 1.21. The van der Waals surface area contributed by atoms with Crippen LogP contribution in [0.4, 0.5) is 13.2 Å². The third kappa shape index (κ3) is 1.34. The van der Waals surface area contributed by atoms with E-state index in [-0.39, 0.29) is 11.1 Å². The summed E-state index contributed by atoms with van der Waals surface area (Å²) in [6.07, 6.45) is -4.52. The van der Waals surface area contributed by atoms with Crippen molar-refractivity contribution in [2.45, 2.75) is 13.1 Å². The number of hydrogen-bond donors (Lipinski definition) is 0. The minimum Gasteiger partial charge on any atom is -0.433 e. The molecule has 2 nitrogen and oxygen atoms in total. The molecule has 14 heavy (non-hydrogen) atoms. The van der Waals surface area contributed by atoms with Gasteiger partial charge in [-0.05, 0) is 18.6 Å². The maximum atomic E-state index is 12.2. The summed E-state index contributed by atoms with van der Waals surface area (Å²) >= 11 is 0. The fraction of sp³-hybridized carbons (Fsp3) is 0.222. The normalized spacial score (nSPS) is 12.3. The minimum atomic E-state index is -4.52. The van der Waals surface area contributed by atoms with Gasteiger partial charge in [0.1, 0.15) is 5.52 Å². The number of rotatable bonds is 0. The van der Waals surface area contributed by atoms with Crippen LogP contribution < -0.4 is 0 Å². The van der Waals surface area contributed by atoms with E-state index in [1.54, 1.807) is 19.1 Å². The van der Waals surface area contributed by atoms with Crippen LogP contribution in [0.25, 0.3) is 11.1 Å². The van der Waals surface area contributed by atoms with E-state index >= 15 is 0 Å². The zero-order chi connectivity index (χ0) is 10.3. The first kappa shape index (κ1) is 9.05. The van der Waals surface area contributed by atoms with Crippen LogP contribution in [0.5, 0.6) is 0 Å². The van der Waals surface area contributed by atoms with Crippen molar-refractivity contribution in [2.24, 2.45) is 0 Å². The number of nitrogens with zero attached hydrogens (tertiary/aromatic N) is 1. The third-order valence-electron chi connectivity index (χ3n) is 1.86. The van der Waals surface area contributed by atoms with Crippen LogP contribution in [-0.4, -0.2) is 4.98 Å². The van der Waals surface area contributed by atoms with Gasteiger partial charge in [0.05, 0.1) is 0 Å². The highest BCUT2D eigenvalue weighted by Crippen LogP contribution is 2.31. The molecule has 1 aromatic heterocycles. The second-order valence-electron chi connectivity index (χ2n) is 2.94. The summed E-state index contributed by atoms with van der Waals surface area (Å²) < 4.78 is 41.2. The maximum Gasteiger partial charge on any atom is 0.468 e. The van der Waals surface area contributed by atoms with Gasteiger partial charge in [0.15, 0.2) is 5.58 Å². The predicted octanol–water partition coefficient (Wildman–Crippen LogP) is 3.16. The Morgan fingerprint density at radius 1 is 1.29 bits per heavy atom. The summed E-state index contributed by atoms with van der Waals surface area (Å²) in [6, 6.07) is 4.78. The Morgan fingerprint density at radius 2 is 2.00 bits per heavy atom. The van der Waals surface area contributed by atoms with E-state index in [4.69, 9.17) is 0 Å². The highest BCUT2D eigenvalue weighted by molar-refractivity contribution is 5.76. The Hall–Kier alpha value is -1.52. The average Bonchev–Trinajstić information content (AvgIpc) is 2.48. The van der Waals surface area contributed by atoms with Crippen molar-refractivity contribution >= 4 is 11.1 Å². The largest absolute Gasteiger partial charge is 0.468 e. The number of halogens is 3. The van der Waals surface area contributed by atoms with E-state index in [0.29, 0.717) is 5.56 Å². The lowest BCUT2D eigenvalue weighted by Gasteiger charge is -1.97. The summed E-state index contributed by atoms with van der Waals surface area (Å²) in [5.74, 6) is -1.19. The van der Waals surface area contributed by atoms with E-state index in [0.717, 1.165) is 0 Å². The van der Waals surface area contributed by atoms with Gasteiger partial charge in [0.2, 0.25) is 0 Å². The number of para-hydroxylation sites is 1. The van der Waals surface area contributed by atoms with E-state index in [9.17, 15) is 13.2 Å². The second-order valence-corrected chi connectivity index (χ2v) is 2.94. The van der Waals surface area contributed by atoms with E-state index in [1.165, 1.54) is 6.07 Å². The van der Waals surface area contributed by atoms with Crippen LogP contribution in [0.3, 0.4) is 0 Å². The Morgan fingerprint density at radius 3 is 2.57 bits per heavy atom. The molecule has 5 heteroatoms. The van der Waals surface area contributed by atoms with Crippen LogP contribution in [-0.2, 0) is 6.18 Å². The first-order valence-corrected chi connectivity index (χ1v) is 3.92. The summed E-state index contributed by atoms with van der Waals surface area (Å²) in [6.45, 7) is 1.69. The topological polar surface area (TPSA) is 26.0 Å². The van der Waals surface area contributed by atoms with E-state index < -0.39 is 12.1 Å². The predicted molar refractivity (Wildman–Crippen MR) is 43.7 cm³/mol. The number of fused-ring (bicyclic) bond motifs is 1. The quantitative estimate of drug-likeness (QED) is 0.654. The van der Waals surface area contributed by atoms with Crippen LogP contribution >= 0.6 is 0 Å². The molecule has 0 N–H and O–H groups in total. The molecule has 1 aromatic carbocycles. The maximum absolute atomic E-state index is 12.2. The molecule has 0 aliphatic rings. The monoisotopic (exact) mass is 201 g/mol. The molecule has 0 atom stereocenters. The zero-order valence-corrected chi connectivity index (χ0v) is 7.22. The van der Waals surface area contributed by atoms with Crippen molar-refractivity contribution in [1.82, 2.24) is 4.98 Å². The molecule has 0 radical (unpaired) electrons. The first-order chi connectivity index (χ1) is 6.48. The van der Waals surface area contributed by atoms with Gasteiger partial charge in [-0.15, -0.1) is 0 Å². The van der Waals surface area contributed by atoms with Crippen LogP contribution in [0.1, 0.15) is 11.5 Å². The average molecular weight is 201 g/mol. The molecule has 1 heterocycles. The van der Waals surface area contributed by atoms with Crippen molar-refractivity contribution in [1.29, 1.82) is 0 Å². The van der Waals surface area contributed by atoms with Crippen molar-refractivity contribution in [3.05, 3.63) is 29.7 Å². The number of oxazole rings is 1. The Balaban J connectivity index is 2.69. The van der Waals surface area contributed by atoms with Crippen LogP contribution in [0.2, 0.25) is 0 Å². The highest BCUT2D eigenvalue weighted by atomic mass is 19.4. The molecule has 0 aliphatic carbocycles. The Kier molecular flexibility index (Phi) is 1.77. The van der Waals surface area contributed by atoms with Gasteiger partial charge in [-0.3, -0.25) is 0 Å². The van der Waals surface area contributed by atoms with Gasteiger partial charge in [0, 0.05) is 0 Å². The van der Waals surface area contributed by atoms with Crippen molar-refractivity contribution in [2.75, 3.05) is 0 Å². The smallest absolute Gasteiger partial charge is 0.433 e. The Bertz CT molecular complexity index is 472. The molecular weight excluding hydrogens is 195 g/mol. The minimum absolute atomic E-state index is 0.164. The fourth-order valence-corrected chi connectivity index (χ4v) is 1.21. The van der Waals surface area contributed by atoms with Gasteiger partial charge in [-0.2, -0.15) is 13.2 Å². The lowest BCUT2D eigenvalue weighted by molar-refractivity contribution is -0.156. The van der Waals surface area contributed by atoms with Gasteiger partial charge in [-0.25, -0.2) is 4.98 Å². The summed E-state index contributed by atoms with van der Waals surface area (Å²) in [5, 5.41) is 0. The molecule has 0 bridgehead atoms. The number of benzene rings is 1. The molecule has 0 saturated carbocycles. The van der Waals surface area contributed by atoms with Crippen LogP contribution in [0.15, 0.2) is 22.6 Å². The van der Waals surface area contributed by atoms with Crippen LogP contribution in [0, 0.1) is 6.92 Å². The number of alkyl halides is 3.